The highest BCUT2D eigenvalue weighted by Crippen LogP contribution is 2.38. The maximum absolute atomic E-state index is 13.8. The number of Topliss-reactive ketones (excluding diaryl/α,β-unsaturated/α-hetero) is 1. The summed E-state index contributed by atoms with van der Waals surface area (Å²) in [7, 11) is -4.07. The Hall–Kier alpha value is -2.85. The number of aromatic nitrogens is 1. The SMILES string of the molecule is O=C1CCC(C[C@H]2CN(S(=O)(=O)c3cccc(Cl)c3)c3cc(CC(=O)c4c(Cl)cccc4Cl)cnc3O2)N1. The first kappa shape index (κ1) is 26.7. The first-order valence-electron chi connectivity index (χ1n) is 11.8. The lowest BCUT2D eigenvalue weighted by Crippen LogP contribution is -2.46. The van der Waals surface area contributed by atoms with Crippen LogP contribution >= 0.6 is 34.8 Å². The molecule has 8 nitrogen and oxygen atoms in total. The van der Waals surface area contributed by atoms with Crippen molar-refractivity contribution in [3.8, 4) is 5.88 Å². The summed E-state index contributed by atoms with van der Waals surface area (Å²) in [5.41, 5.74) is 0.847. The predicted octanol–water partition coefficient (Wildman–Crippen LogP) is 5.09. The van der Waals surface area contributed by atoms with E-state index in [0.29, 0.717) is 24.8 Å². The van der Waals surface area contributed by atoms with Crippen LogP contribution < -0.4 is 14.4 Å². The monoisotopic (exact) mass is 593 g/mol. The van der Waals surface area contributed by atoms with Crippen molar-refractivity contribution < 1.29 is 22.7 Å². The minimum atomic E-state index is -4.07. The Morgan fingerprint density at radius 1 is 1.11 bits per heavy atom. The molecule has 3 heterocycles. The number of amides is 1. The van der Waals surface area contributed by atoms with Gasteiger partial charge in [0.2, 0.25) is 11.8 Å². The lowest BCUT2D eigenvalue weighted by molar-refractivity contribution is -0.119. The van der Waals surface area contributed by atoms with Crippen LogP contribution in [0.3, 0.4) is 0 Å². The smallest absolute Gasteiger partial charge is 0.264 e. The zero-order chi connectivity index (χ0) is 27.0. The molecule has 1 saturated heterocycles. The Balaban J connectivity index is 1.50. The number of carbonyl (C=O) groups is 2. The van der Waals surface area contributed by atoms with E-state index in [9.17, 15) is 18.0 Å². The van der Waals surface area contributed by atoms with Crippen LogP contribution in [0.5, 0.6) is 5.88 Å². The minimum absolute atomic E-state index is 0.00935. The van der Waals surface area contributed by atoms with Gasteiger partial charge in [0.15, 0.2) is 5.78 Å². The molecular weight excluding hydrogens is 573 g/mol. The normalized spacial score (nSPS) is 19.0. The summed E-state index contributed by atoms with van der Waals surface area (Å²) in [4.78, 5) is 29.1. The molecule has 12 heteroatoms. The van der Waals surface area contributed by atoms with Crippen molar-refractivity contribution in [2.24, 2.45) is 0 Å². The summed E-state index contributed by atoms with van der Waals surface area (Å²) in [6, 6.07) is 12.2. The standard InChI is InChI=1S/C26H22Cl3N3O5S/c27-16-3-1-4-19(11-16)38(35,36)32-14-18(12-17-7-8-24(34)31-17)37-26-22(32)9-15(13-30-26)10-23(33)25-20(28)5-2-6-21(25)29/h1-6,9,11,13,17-18H,7-8,10,12,14H2,(H,31,34)/t17?,18-/m0/s1. The Morgan fingerprint density at radius 3 is 2.53 bits per heavy atom. The fraction of sp³-hybridized carbons (Fsp3) is 0.269. The molecule has 5 rings (SSSR count). The maximum Gasteiger partial charge on any atom is 0.264 e. The summed E-state index contributed by atoms with van der Waals surface area (Å²) >= 11 is 18.5. The summed E-state index contributed by atoms with van der Waals surface area (Å²) in [6.07, 6.45) is 2.29. The number of carbonyl (C=O) groups excluding carboxylic acids is 2. The molecule has 2 atom stereocenters. The summed E-state index contributed by atoms with van der Waals surface area (Å²) < 4.78 is 34.9. The van der Waals surface area contributed by atoms with Gasteiger partial charge in [-0.1, -0.05) is 46.9 Å². The number of pyridine rings is 1. The molecule has 0 saturated carbocycles. The molecule has 38 heavy (non-hydrogen) atoms. The van der Waals surface area contributed by atoms with Crippen LogP contribution in [0.2, 0.25) is 15.1 Å². The van der Waals surface area contributed by atoms with Gasteiger partial charge in [0, 0.05) is 36.5 Å². The molecule has 1 N–H and O–H groups in total. The number of halogens is 3. The Morgan fingerprint density at radius 2 is 1.84 bits per heavy atom. The van der Waals surface area contributed by atoms with Gasteiger partial charge in [0.1, 0.15) is 11.8 Å². The second kappa shape index (κ2) is 10.7. The van der Waals surface area contributed by atoms with Crippen LogP contribution in [0.25, 0.3) is 0 Å². The molecule has 1 fully saturated rings. The predicted molar refractivity (Wildman–Crippen MR) is 145 cm³/mol. The second-order valence-electron chi connectivity index (χ2n) is 9.14. The summed E-state index contributed by atoms with van der Waals surface area (Å²) in [6.45, 7) is -0.0103. The van der Waals surface area contributed by atoms with E-state index in [1.807, 2.05) is 0 Å². The molecule has 2 aliphatic heterocycles. The molecule has 2 aliphatic rings. The van der Waals surface area contributed by atoms with Gasteiger partial charge in [-0.25, -0.2) is 13.4 Å². The van der Waals surface area contributed by atoms with Gasteiger partial charge in [-0.3, -0.25) is 13.9 Å². The molecule has 3 aromatic rings. The van der Waals surface area contributed by atoms with Gasteiger partial charge in [-0.2, -0.15) is 0 Å². The van der Waals surface area contributed by atoms with Crippen molar-refractivity contribution in [3.05, 3.63) is 80.9 Å². The van der Waals surface area contributed by atoms with E-state index in [1.54, 1.807) is 36.4 Å². The number of hydrogen-bond acceptors (Lipinski definition) is 6. The molecule has 0 spiro atoms. The largest absolute Gasteiger partial charge is 0.471 e. The summed E-state index contributed by atoms with van der Waals surface area (Å²) in [5.74, 6) is -0.262. The molecule has 0 radical (unpaired) electrons. The zero-order valence-corrected chi connectivity index (χ0v) is 22.9. The van der Waals surface area contributed by atoms with E-state index in [1.165, 1.54) is 22.6 Å². The van der Waals surface area contributed by atoms with Crippen LogP contribution in [0.15, 0.2) is 59.6 Å². The molecule has 198 valence electrons. The van der Waals surface area contributed by atoms with E-state index in [0.717, 1.165) is 0 Å². The van der Waals surface area contributed by atoms with Gasteiger partial charge in [0.05, 0.1) is 27.0 Å². The Labute approximate surface area is 234 Å². The average molecular weight is 595 g/mol. The number of sulfonamides is 1. The lowest BCUT2D eigenvalue weighted by Gasteiger charge is -2.35. The number of rotatable bonds is 7. The highest BCUT2D eigenvalue weighted by Gasteiger charge is 2.37. The molecule has 1 unspecified atom stereocenters. The zero-order valence-electron chi connectivity index (χ0n) is 19.9. The Bertz CT molecular complexity index is 1510. The van der Waals surface area contributed by atoms with Crippen LogP contribution in [0.1, 0.15) is 35.2 Å². The number of anilines is 1. The number of nitrogens with zero attached hydrogens (tertiary/aromatic N) is 2. The first-order chi connectivity index (χ1) is 18.1. The number of benzene rings is 2. The molecule has 0 bridgehead atoms. The van der Waals surface area contributed by atoms with Crippen molar-refractivity contribution in [2.45, 2.75) is 42.7 Å². The molecule has 1 amide bonds. The third kappa shape index (κ3) is 5.47. The average Bonchev–Trinajstić information content (AvgIpc) is 3.28. The number of nitrogens with one attached hydrogen (secondary N) is 1. The topological polar surface area (TPSA) is 106 Å². The van der Waals surface area contributed by atoms with Gasteiger partial charge < -0.3 is 10.1 Å². The number of hydrogen-bond donors (Lipinski definition) is 1. The molecule has 2 aromatic carbocycles. The number of ether oxygens (including phenoxy) is 1. The second-order valence-corrected chi connectivity index (χ2v) is 12.2. The minimum Gasteiger partial charge on any atom is -0.471 e. The van der Waals surface area contributed by atoms with Crippen molar-refractivity contribution in [3.63, 3.8) is 0 Å². The molecule has 0 aliphatic carbocycles. The molecule has 1 aromatic heterocycles. The highest BCUT2D eigenvalue weighted by molar-refractivity contribution is 7.92. The van der Waals surface area contributed by atoms with E-state index in [4.69, 9.17) is 39.5 Å². The first-order valence-corrected chi connectivity index (χ1v) is 14.4. The number of fused-ring (bicyclic) bond motifs is 1. The molecular formula is C26H22Cl3N3O5S. The maximum atomic E-state index is 13.8. The Kier molecular flexibility index (Phi) is 7.55. The van der Waals surface area contributed by atoms with Crippen LogP contribution in [0, 0.1) is 0 Å². The van der Waals surface area contributed by atoms with Crippen molar-refractivity contribution in [2.75, 3.05) is 10.8 Å². The van der Waals surface area contributed by atoms with E-state index >= 15 is 0 Å². The quantitative estimate of drug-likeness (QED) is 0.382. The lowest BCUT2D eigenvalue weighted by atomic mass is 10.0. The highest BCUT2D eigenvalue weighted by atomic mass is 35.5. The van der Waals surface area contributed by atoms with Crippen LogP contribution in [0.4, 0.5) is 5.69 Å². The fourth-order valence-electron chi connectivity index (χ4n) is 4.64. The summed E-state index contributed by atoms with van der Waals surface area (Å²) in [5, 5.41) is 3.62. The van der Waals surface area contributed by atoms with Crippen molar-refractivity contribution >= 4 is 62.2 Å². The van der Waals surface area contributed by atoms with Gasteiger partial charge >= 0.3 is 0 Å². The van der Waals surface area contributed by atoms with Crippen LogP contribution in [-0.2, 0) is 21.2 Å². The van der Waals surface area contributed by atoms with Crippen molar-refractivity contribution in [1.82, 2.24) is 10.3 Å². The van der Waals surface area contributed by atoms with Gasteiger partial charge in [-0.05, 0) is 48.4 Å². The van der Waals surface area contributed by atoms with E-state index in [2.05, 4.69) is 10.3 Å². The van der Waals surface area contributed by atoms with Gasteiger partial charge in [0.25, 0.3) is 10.0 Å². The van der Waals surface area contributed by atoms with Crippen LogP contribution in [-0.4, -0.2) is 43.8 Å². The fourth-order valence-corrected chi connectivity index (χ4v) is 7.04. The van der Waals surface area contributed by atoms with Crippen molar-refractivity contribution in [1.29, 1.82) is 0 Å². The van der Waals surface area contributed by atoms with E-state index in [-0.39, 0.29) is 67.8 Å². The van der Waals surface area contributed by atoms with E-state index < -0.39 is 16.1 Å². The third-order valence-corrected chi connectivity index (χ3v) is 9.07. The third-order valence-electron chi connectivity index (χ3n) is 6.43. The number of ketones is 1. The van der Waals surface area contributed by atoms with Gasteiger partial charge in [-0.15, -0.1) is 0 Å².